The van der Waals surface area contributed by atoms with Gasteiger partial charge in [-0.1, -0.05) is 0 Å². The number of fused-ring (bicyclic) bond motifs is 1. The summed E-state index contributed by atoms with van der Waals surface area (Å²) in [6.45, 7) is 3.78. The largest absolute Gasteiger partial charge is 0.476 e. The third kappa shape index (κ3) is 4.19. The van der Waals surface area contributed by atoms with E-state index in [9.17, 15) is 9.59 Å². The van der Waals surface area contributed by atoms with Crippen LogP contribution >= 0.6 is 0 Å². The Morgan fingerprint density at radius 2 is 2.17 bits per heavy atom. The smallest absolute Gasteiger partial charge is 0.407 e. The van der Waals surface area contributed by atoms with Gasteiger partial charge in [-0.3, -0.25) is 5.10 Å². The maximum Gasteiger partial charge on any atom is 0.407 e. The molecule has 2 atom stereocenters. The fraction of sp³-hybridized carbons (Fsp3) is 0.421. The molecule has 158 valence electrons. The number of carboxylic acids is 1. The summed E-state index contributed by atoms with van der Waals surface area (Å²) >= 11 is 0. The van der Waals surface area contributed by atoms with Gasteiger partial charge in [0.2, 0.25) is 0 Å². The zero-order valence-electron chi connectivity index (χ0n) is 16.6. The van der Waals surface area contributed by atoms with Gasteiger partial charge in [-0.15, -0.1) is 0 Å². The minimum absolute atomic E-state index is 0.0383. The number of carbonyl (C=O) groups excluding carboxylic acids is 1. The van der Waals surface area contributed by atoms with Crippen LogP contribution in [0.1, 0.15) is 55.2 Å². The molecule has 3 aromatic rings. The second-order valence-electron chi connectivity index (χ2n) is 7.61. The van der Waals surface area contributed by atoms with Crippen molar-refractivity contribution in [1.82, 2.24) is 30.1 Å². The van der Waals surface area contributed by atoms with E-state index in [0.717, 1.165) is 25.0 Å². The van der Waals surface area contributed by atoms with Crippen LogP contribution in [0.25, 0.3) is 5.52 Å². The molecule has 0 aliphatic heterocycles. The molecule has 3 aromatic heterocycles. The minimum Gasteiger partial charge on any atom is -0.476 e. The monoisotopic (exact) mass is 413 g/mol. The molecular weight excluding hydrogens is 390 g/mol. The van der Waals surface area contributed by atoms with Gasteiger partial charge in [0.05, 0.1) is 0 Å². The lowest BCUT2D eigenvalue weighted by atomic mass is 10.0. The third-order valence-electron chi connectivity index (χ3n) is 4.96. The number of aromatic amines is 1. The van der Waals surface area contributed by atoms with E-state index in [0.29, 0.717) is 17.2 Å². The molecule has 11 heteroatoms. The maximum atomic E-state index is 11.8. The van der Waals surface area contributed by atoms with Gasteiger partial charge in [0, 0.05) is 42.2 Å². The number of hydrogen-bond donors (Lipinski definition) is 4. The number of alkyl carbamates (subject to hydrolysis) is 1. The normalized spacial score (nSPS) is 18.6. The summed E-state index contributed by atoms with van der Waals surface area (Å²) in [7, 11) is 0. The highest BCUT2D eigenvalue weighted by Crippen LogP contribution is 2.36. The highest BCUT2D eigenvalue weighted by Gasteiger charge is 2.30. The van der Waals surface area contributed by atoms with Gasteiger partial charge < -0.3 is 20.5 Å². The molecule has 0 radical (unpaired) electrons. The average Bonchev–Trinajstić information content (AvgIpc) is 3.39. The Kier molecular flexibility index (Phi) is 5.25. The number of nitrogens with one attached hydrogen (secondary N) is 3. The van der Waals surface area contributed by atoms with Gasteiger partial charge in [0.1, 0.15) is 11.6 Å². The van der Waals surface area contributed by atoms with Crippen LogP contribution in [0.3, 0.4) is 0 Å². The molecule has 2 unspecified atom stereocenters. The van der Waals surface area contributed by atoms with Crippen LogP contribution in [0.5, 0.6) is 0 Å². The van der Waals surface area contributed by atoms with E-state index in [4.69, 9.17) is 9.84 Å². The van der Waals surface area contributed by atoms with Crippen LogP contribution in [0, 0.1) is 0 Å². The first-order valence-electron chi connectivity index (χ1n) is 9.76. The molecule has 1 aliphatic rings. The van der Waals surface area contributed by atoms with Crippen molar-refractivity contribution in [3.05, 3.63) is 35.9 Å². The minimum atomic E-state index is -1.10. The number of aromatic nitrogens is 5. The number of nitrogens with zero attached hydrogens (tertiary/aromatic N) is 4. The summed E-state index contributed by atoms with van der Waals surface area (Å²) < 4.78 is 6.93. The summed E-state index contributed by atoms with van der Waals surface area (Å²) in [6, 6.07) is 3.38. The van der Waals surface area contributed by atoms with E-state index >= 15 is 0 Å². The van der Waals surface area contributed by atoms with Crippen molar-refractivity contribution in [2.24, 2.45) is 0 Å². The molecule has 0 aromatic carbocycles. The first-order valence-corrected chi connectivity index (χ1v) is 9.76. The summed E-state index contributed by atoms with van der Waals surface area (Å²) in [4.78, 5) is 27.2. The van der Waals surface area contributed by atoms with Crippen molar-refractivity contribution < 1.29 is 19.4 Å². The summed E-state index contributed by atoms with van der Waals surface area (Å²) in [5.41, 5.74) is 1.41. The van der Waals surface area contributed by atoms with Crippen molar-refractivity contribution >= 4 is 29.2 Å². The molecule has 0 saturated heterocycles. The number of H-pyrrole nitrogens is 1. The van der Waals surface area contributed by atoms with Crippen molar-refractivity contribution in [2.45, 2.75) is 51.2 Å². The number of ether oxygens (including phenoxy) is 1. The first-order chi connectivity index (χ1) is 14.4. The van der Waals surface area contributed by atoms with Crippen LogP contribution in [0.15, 0.2) is 24.5 Å². The van der Waals surface area contributed by atoms with E-state index in [1.165, 1.54) is 16.8 Å². The number of carboxylic acid groups (broad SMARTS) is 1. The van der Waals surface area contributed by atoms with Crippen LogP contribution in [-0.2, 0) is 4.74 Å². The Bertz CT molecular complexity index is 1070. The van der Waals surface area contributed by atoms with Crippen molar-refractivity contribution in [2.75, 3.05) is 5.32 Å². The number of amides is 1. The maximum absolute atomic E-state index is 11.8. The molecule has 3 heterocycles. The standard InChI is InChI=1S/C19H23N7O4/c1-10(2)21-19(29)30-12-4-3-11(7-12)13-9-16(24-23-13)22-17-15-8-14(18(27)28)25-26(15)6-5-20-17/h5-6,8-12H,3-4,7H2,1-2H3,(H,21,29)(H,27,28)(H2,20,22,23,24). The van der Waals surface area contributed by atoms with Gasteiger partial charge >= 0.3 is 12.1 Å². The van der Waals surface area contributed by atoms with Gasteiger partial charge in [0.15, 0.2) is 17.3 Å². The van der Waals surface area contributed by atoms with Gasteiger partial charge in [-0.05, 0) is 33.1 Å². The quantitative estimate of drug-likeness (QED) is 0.482. The lowest BCUT2D eigenvalue weighted by Crippen LogP contribution is -2.33. The molecule has 0 spiro atoms. The van der Waals surface area contributed by atoms with Crippen molar-refractivity contribution in [3.63, 3.8) is 0 Å². The van der Waals surface area contributed by atoms with Gasteiger partial charge in [-0.25, -0.2) is 19.1 Å². The number of anilines is 2. The van der Waals surface area contributed by atoms with Crippen molar-refractivity contribution in [3.8, 4) is 0 Å². The molecule has 0 bridgehead atoms. The Balaban J connectivity index is 1.42. The molecule has 30 heavy (non-hydrogen) atoms. The fourth-order valence-electron chi connectivity index (χ4n) is 3.60. The molecule has 4 rings (SSSR count). The zero-order chi connectivity index (χ0) is 21.3. The predicted octanol–water partition coefficient (Wildman–Crippen LogP) is 2.66. The SMILES string of the molecule is CC(C)NC(=O)OC1CCC(c2cc(Nc3nccn4nc(C(=O)O)cc34)n[nH]2)C1. The van der Waals surface area contributed by atoms with Crippen LogP contribution in [0.4, 0.5) is 16.4 Å². The molecule has 1 saturated carbocycles. The second kappa shape index (κ2) is 8.01. The van der Waals surface area contributed by atoms with Crippen LogP contribution < -0.4 is 10.6 Å². The zero-order valence-corrected chi connectivity index (χ0v) is 16.6. The van der Waals surface area contributed by atoms with E-state index in [2.05, 4.69) is 30.9 Å². The Morgan fingerprint density at radius 1 is 1.33 bits per heavy atom. The van der Waals surface area contributed by atoms with Gasteiger partial charge in [0.25, 0.3) is 0 Å². The lowest BCUT2D eigenvalue weighted by molar-refractivity contribution is 0.0689. The van der Waals surface area contributed by atoms with Crippen molar-refractivity contribution in [1.29, 1.82) is 0 Å². The Labute approximate surface area is 171 Å². The number of rotatable bonds is 6. The topological polar surface area (TPSA) is 147 Å². The van der Waals surface area contributed by atoms with E-state index in [1.54, 1.807) is 6.20 Å². The van der Waals surface area contributed by atoms with Crippen LogP contribution in [-0.4, -0.2) is 54.1 Å². The van der Waals surface area contributed by atoms with E-state index in [1.807, 2.05) is 19.9 Å². The highest BCUT2D eigenvalue weighted by atomic mass is 16.6. The fourth-order valence-corrected chi connectivity index (χ4v) is 3.60. The summed E-state index contributed by atoms with van der Waals surface area (Å²) in [5, 5.41) is 26.3. The number of hydrogen-bond acceptors (Lipinski definition) is 7. The van der Waals surface area contributed by atoms with Gasteiger partial charge in [-0.2, -0.15) is 10.2 Å². The molecule has 1 aliphatic carbocycles. The Morgan fingerprint density at radius 3 is 2.93 bits per heavy atom. The second-order valence-corrected chi connectivity index (χ2v) is 7.61. The first kappa shape index (κ1) is 19.7. The number of carbonyl (C=O) groups is 2. The highest BCUT2D eigenvalue weighted by molar-refractivity contribution is 5.88. The Hall–Kier alpha value is -3.63. The van der Waals surface area contributed by atoms with Crippen LogP contribution in [0.2, 0.25) is 0 Å². The van der Waals surface area contributed by atoms with E-state index < -0.39 is 5.97 Å². The molecule has 4 N–H and O–H groups in total. The lowest BCUT2D eigenvalue weighted by Gasteiger charge is -2.14. The average molecular weight is 413 g/mol. The molecule has 1 fully saturated rings. The summed E-state index contributed by atoms with van der Waals surface area (Å²) in [6.07, 6.45) is 5.02. The predicted molar refractivity (Wildman–Crippen MR) is 107 cm³/mol. The molecule has 1 amide bonds. The van der Waals surface area contributed by atoms with E-state index in [-0.39, 0.29) is 29.9 Å². The summed E-state index contributed by atoms with van der Waals surface area (Å²) in [5.74, 6) is 0.119. The molecule has 11 nitrogen and oxygen atoms in total. The number of aromatic carboxylic acids is 1. The molecular formula is C19H23N7O4. The third-order valence-corrected chi connectivity index (χ3v) is 4.96.